The van der Waals surface area contributed by atoms with Gasteiger partial charge < -0.3 is 5.11 Å². The van der Waals surface area contributed by atoms with E-state index in [-0.39, 0.29) is 0 Å². The van der Waals surface area contributed by atoms with Crippen LogP contribution < -0.4 is 5.32 Å². The van der Waals surface area contributed by atoms with E-state index >= 15 is 0 Å². The maximum Gasteiger partial charge on any atom is 0.323 e. The van der Waals surface area contributed by atoms with E-state index in [1.54, 1.807) is 0 Å². The van der Waals surface area contributed by atoms with Gasteiger partial charge in [0.2, 0.25) is 0 Å². The zero-order valence-electron chi connectivity index (χ0n) is 10.6. The molecule has 0 aromatic carbocycles. The fraction of sp³-hybridized carbons (Fsp3) is 0.923. The van der Waals surface area contributed by atoms with Gasteiger partial charge in [-0.2, -0.15) is 11.8 Å². The molecule has 2 rings (SSSR count). The van der Waals surface area contributed by atoms with Crippen molar-refractivity contribution in [3.05, 3.63) is 0 Å². The van der Waals surface area contributed by atoms with Crippen LogP contribution in [0.5, 0.6) is 0 Å². The van der Waals surface area contributed by atoms with Crippen molar-refractivity contribution in [3.63, 3.8) is 0 Å². The van der Waals surface area contributed by atoms with Crippen LogP contribution in [-0.4, -0.2) is 33.7 Å². The van der Waals surface area contributed by atoms with Crippen LogP contribution in [0.15, 0.2) is 0 Å². The number of carbonyl (C=O) groups is 1. The first-order valence-electron chi connectivity index (χ1n) is 6.79. The van der Waals surface area contributed by atoms with Crippen LogP contribution in [-0.2, 0) is 4.79 Å². The fourth-order valence-corrected chi connectivity index (χ4v) is 3.96. The highest BCUT2D eigenvalue weighted by Crippen LogP contribution is 2.37. The lowest BCUT2D eigenvalue weighted by Gasteiger charge is -2.38. The Kier molecular flexibility index (Phi) is 4.36. The van der Waals surface area contributed by atoms with Crippen molar-refractivity contribution in [1.29, 1.82) is 0 Å². The molecule has 4 heteroatoms. The van der Waals surface area contributed by atoms with Gasteiger partial charge in [-0.05, 0) is 50.7 Å². The molecule has 0 aromatic rings. The van der Waals surface area contributed by atoms with Crippen LogP contribution in [0.25, 0.3) is 0 Å². The van der Waals surface area contributed by atoms with Crippen LogP contribution in [0.2, 0.25) is 0 Å². The monoisotopic (exact) mass is 257 g/mol. The highest BCUT2D eigenvalue weighted by molar-refractivity contribution is 7.99. The number of rotatable bonds is 6. The second-order valence-corrected chi connectivity index (χ2v) is 6.80. The third-order valence-electron chi connectivity index (χ3n) is 3.73. The molecule has 0 heterocycles. The highest BCUT2D eigenvalue weighted by atomic mass is 32.2. The van der Waals surface area contributed by atoms with Crippen molar-refractivity contribution in [3.8, 4) is 0 Å². The van der Waals surface area contributed by atoms with Crippen molar-refractivity contribution >= 4 is 17.7 Å². The minimum absolute atomic E-state index is 0.473. The molecular formula is C13H23NO2S. The molecular weight excluding hydrogens is 234 g/mol. The number of nitrogens with one attached hydrogen (secondary N) is 1. The zero-order chi connectivity index (χ0) is 12.3. The largest absolute Gasteiger partial charge is 0.480 e. The number of thioether (sulfide) groups is 1. The van der Waals surface area contributed by atoms with Crippen LogP contribution in [0.4, 0.5) is 0 Å². The van der Waals surface area contributed by atoms with E-state index in [0.717, 1.165) is 37.9 Å². The van der Waals surface area contributed by atoms with E-state index in [9.17, 15) is 9.90 Å². The van der Waals surface area contributed by atoms with Crippen LogP contribution in [0.1, 0.15) is 51.9 Å². The summed E-state index contributed by atoms with van der Waals surface area (Å²) in [6.45, 7) is 2.18. The molecule has 3 nitrogen and oxygen atoms in total. The summed E-state index contributed by atoms with van der Waals surface area (Å²) >= 11 is 1.96. The molecule has 98 valence electrons. The topological polar surface area (TPSA) is 49.3 Å². The summed E-state index contributed by atoms with van der Waals surface area (Å²) in [6.07, 6.45) is 7.34. The van der Waals surface area contributed by atoms with E-state index in [1.807, 2.05) is 11.8 Å². The van der Waals surface area contributed by atoms with Gasteiger partial charge in [0.05, 0.1) is 0 Å². The second-order valence-electron chi connectivity index (χ2n) is 5.40. The predicted octanol–water partition coefficient (Wildman–Crippen LogP) is 2.65. The minimum Gasteiger partial charge on any atom is -0.480 e. The average Bonchev–Trinajstić information content (AvgIpc) is 3.10. The molecule has 2 aliphatic rings. The van der Waals surface area contributed by atoms with Gasteiger partial charge in [0.15, 0.2) is 0 Å². The number of carboxylic acids is 1. The highest BCUT2D eigenvalue weighted by Gasteiger charge is 2.45. The van der Waals surface area contributed by atoms with Gasteiger partial charge >= 0.3 is 5.97 Å². The Morgan fingerprint density at radius 2 is 2.24 bits per heavy atom. The molecule has 2 unspecified atom stereocenters. The molecule has 0 saturated heterocycles. The molecule has 0 radical (unpaired) electrons. The summed E-state index contributed by atoms with van der Waals surface area (Å²) in [5, 5.41) is 13.5. The van der Waals surface area contributed by atoms with Crippen molar-refractivity contribution in [2.24, 2.45) is 0 Å². The normalized spacial score (nSPS) is 33.6. The first-order chi connectivity index (χ1) is 8.16. The SMILES string of the molecule is CCCSC1CCCC(NC2CC2)(C(=O)O)C1. The number of aliphatic carboxylic acids is 1. The third-order valence-corrected chi connectivity index (χ3v) is 5.25. The number of carboxylic acid groups (broad SMARTS) is 1. The first kappa shape index (κ1) is 13.2. The van der Waals surface area contributed by atoms with Crippen molar-refractivity contribution < 1.29 is 9.90 Å². The van der Waals surface area contributed by atoms with E-state index < -0.39 is 11.5 Å². The quantitative estimate of drug-likeness (QED) is 0.768. The average molecular weight is 257 g/mol. The Hall–Kier alpha value is -0.220. The minimum atomic E-state index is -0.633. The maximum atomic E-state index is 11.6. The van der Waals surface area contributed by atoms with Gasteiger partial charge in [-0.15, -0.1) is 0 Å². The predicted molar refractivity (Wildman–Crippen MR) is 71.5 cm³/mol. The maximum absolute atomic E-state index is 11.6. The molecule has 0 aromatic heterocycles. The van der Waals surface area contributed by atoms with Gasteiger partial charge in [-0.3, -0.25) is 10.1 Å². The van der Waals surface area contributed by atoms with Gasteiger partial charge in [0, 0.05) is 11.3 Å². The first-order valence-corrected chi connectivity index (χ1v) is 7.84. The molecule has 2 aliphatic carbocycles. The van der Waals surface area contributed by atoms with Crippen LogP contribution in [0.3, 0.4) is 0 Å². The zero-order valence-corrected chi connectivity index (χ0v) is 11.4. The van der Waals surface area contributed by atoms with Crippen LogP contribution in [0, 0.1) is 0 Å². The lowest BCUT2D eigenvalue weighted by molar-refractivity contribution is -0.146. The van der Waals surface area contributed by atoms with E-state index in [1.165, 1.54) is 12.8 Å². The summed E-state index contributed by atoms with van der Waals surface area (Å²) < 4.78 is 0. The van der Waals surface area contributed by atoms with Gasteiger partial charge in [-0.25, -0.2) is 0 Å². The number of hydrogen-bond acceptors (Lipinski definition) is 3. The molecule has 2 saturated carbocycles. The standard InChI is InChI=1S/C13H23NO2S/c1-2-8-17-11-4-3-7-13(9-11,12(15)16)14-10-5-6-10/h10-11,14H,2-9H2,1H3,(H,15,16). The lowest BCUT2D eigenvalue weighted by atomic mass is 9.81. The van der Waals surface area contributed by atoms with Crippen molar-refractivity contribution in [2.45, 2.75) is 68.7 Å². The molecule has 17 heavy (non-hydrogen) atoms. The Labute approximate surface area is 108 Å². The third kappa shape index (κ3) is 3.38. The summed E-state index contributed by atoms with van der Waals surface area (Å²) in [5.41, 5.74) is -0.620. The Balaban J connectivity index is 1.96. The smallest absolute Gasteiger partial charge is 0.323 e. The second kappa shape index (κ2) is 5.61. The Morgan fingerprint density at radius 3 is 2.82 bits per heavy atom. The molecule has 0 bridgehead atoms. The summed E-state index contributed by atoms with van der Waals surface area (Å²) in [5.74, 6) is 0.523. The summed E-state index contributed by atoms with van der Waals surface area (Å²) in [6, 6.07) is 0.473. The molecule has 2 atom stereocenters. The molecule has 0 aliphatic heterocycles. The number of hydrogen-bond donors (Lipinski definition) is 2. The fourth-order valence-electron chi connectivity index (χ4n) is 2.66. The van der Waals surface area contributed by atoms with Crippen LogP contribution >= 0.6 is 11.8 Å². The molecule has 2 N–H and O–H groups in total. The van der Waals surface area contributed by atoms with Crippen molar-refractivity contribution in [2.75, 3.05) is 5.75 Å². The molecule has 0 spiro atoms. The van der Waals surface area contributed by atoms with Gasteiger partial charge in [0.25, 0.3) is 0 Å². The summed E-state index contributed by atoms with van der Waals surface area (Å²) in [7, 11) is 0. The van der Waals surface area contributed by atoms with E-state index in [0.29, 0.717) is 11.3 Å². The van der Waals surface area contributed by atoms with Gasteiger partial charge in [0.1, 0.15) is 5.54 Å². The van der Waals surface area contributed by atoms with E-state index in [2.05, 4.69) is 12.2 Å². The van der Waals surface area contributed by atoms with E-state index in [4.69, 9.17) is 0 Å². The lowest BCUT2D eigenvalue weighted by Crippen LogP contribution is -2.56. The van der Waals surface area contributed by atoms with Crippen molar-refractivity contribution in [1.82, 2.24) is 5.32 Å². The summed E-state index contributed by atoms with van der Waals surface area (Å²) in [4.78, 5) is 11.6. The molecule has 2 fully saturated rings. The molecule has 0 amide bonds. The van der Waals surface area contributed by atoms with Gasteiger partial charge in [-0.1, -0.05) is 6.92 Å². The Bertz CT molecular complexity index is 281. The Morgan fingerprint density at radius 1 is 1.47 bits per heavy atom.